The Hall–Kier alpha value is -1.22. The summed E-state index contributed by atoms with van der Waals surface area (Å²) in [5.41, 5.74) is -0.485. The van der Waals surface area contributed by atoms with Crippen LogP contribution < -0.4 is 5.32 Å². The van der Waals surface area contributed by atoms with E-state index in [4.69, 9.17) is 11.6 Å². The molecule has 2 bridgehead atoms. The van der Waals surface area contributed by atoms with Crippen LogP contribution in [0.2, 0.25) is 5.02 Å². The number of piperidine rings is 1. The lowest BCUT2D eigenvalue weighted by Gasteiger charge is -2.34. The van der Waals surface area contributed by atoms with Crippen molar-refractivity contribution < 1.29 is 13.3 Å². The van der Waals surface area contributed by atoms with Gasteiger partial charge in [-0.15, -0.1) is 0 Å². The van der Waals surface area contributed by atoms with Crippen LogP contribution in [0.5, 0.6) is 0 Å². The zero-order valence-corrected chi connectivity index (χ0v) is 14.2. The van der Waals surface area contributed by atoms with Crippen molar-refractivity contribution in [3.63, 3.8) is 0 Å². The van der Waals surface area contributed by atoms with Gasteiger partial charge in [-0.2, -0.15) is 4.31 Å². The number of hydrogen-bond acceptors (Lipinski definition) is 5. The highest BCUT2D eigenvalue weighted by atomic mass is 35.5. The minimum Gasteiger partial charge on any atom is -0.311 e. The van der Waals surface area contributed by atoms with Crippen LogP contribution in [0.25, 0.3) is 0 Å². The van der Waals surface area contributed by atoms with E-state index in [2.05, 4.69) is 5.32 Å². The van der Waals surface area contributed by atoms with Crippen LogP contribution in [-0.4, -0.2) is 42.8 Å². The molecule has 2 fully saturated rings. The average molecular weight is 360 g/mol. The zero-order chi connectivity index (χ0) is 16.8. The molecule has 9 heteroatoms. The quantitative estimate of drug-likeness (QED) is 0.656. The molecule has 0 radical (unpaired) electrons. The molecular formula is C14H18ClN3O4S. The molecule has 0 spiro atoms. The molecule has 2 aliphatic heterocycles. The fourth-order valence-electron chi connectivity index (χ4n) is 3.53. The summed E-state index contributed by atoms with van der Waals surface area (Å²) >= 11 is 5.76. The van der Waals surface area contributed by atoms with E-state index in [0.29, 0.717) is 12.1 Å². The molecule has 1 N–H and O–H groups in total. The second kappa shape index (κ2) is 6.01. The molecule has 2 heterocycles. The number of sulfonamides is 1. The molecule has 0 aromatic heterocycles. The summed E-state index contributed by atoms with van der Waals surface area (Å²) in [6.45, 7) is 0. The SMILES string of the molecule is CN(C1CC2CCC(C1)N2)S(=O)(=O)c1ccc(Cl)cc1[N+](=O)[O-]. The van der Waals surface area contributed by atoms with E-state index in [-0.39, 0.29) is 16.0 Å². The third-order valence-corrected chi connectivity index (χ3v) is 6.93. The molecule has 2 aliphatic rings. The van der Waals surface area contributed by atoms with Crippen molar-refractivity contribution >= 4 is 27.3 Å². The molecule has 7 nitrogen and oxygen atoms in total. The van der Waals surface area contributed by atoms with E-state index in [1.807, 2.05) is 0 Å². The summed E-state index contributed by atoms with van der Waals surface area (Å²) in [5, 5.41) is 14.8. The van der Waals surface area contributed by atoms with E-state index < -0.39 is 20.6 Å². The molecule has 2 unspecified atom stereocenters. The molecular weight excluding hydrogens is 342 g/mol. The Bertz CT molecular complexity index is 728. The van der Waals surface area contributed by atoms with E-state index in [0.717, 1.165) is 31.7 Å². The molecule has 3 rings (SSSR count). The minimum atomic E-state index is -3.94. The van der Waals surface area contributed by atoms with Gasteiger partial charge in [0.1, 0.15) is 0 Å². The van der Waals surface area contributed by atoms with E-state index in [9.17, 15) is 18.5 Å². The van der Waals surface area contributed by atoms with Gasteiger partial charge in [0.2, 0.25) is 10.0 Å². The topological polar surface area (TPSA) is 92.6 Å². The molecule has 2 atom stereocenters. The standard InChI is InChI=1S/C14H18ClN3O4S/c1-17(12-7-10-3-4-11(8-12)16-10)23(21,22)14-5-2-9(15)6-13(14)18(19)20/h2,5-6,10-12,16H,3-4,7-8H2,1H3. The second-order valence-corrected chi connectivity index (χ2v) is 8.56. The van der Waals surface area contributed by atoms with Gasteiger partial charge in [-0.05, 0) is 37.8 Å². The van der Waals surface area contributed by atoms with Crippen molar-refractivity contribution in [2.75, 3.05) is 7.05 Å². The molecule has 1 aromatic rings. The molecule has 1 aromatic carbocycles. The van der Waals surface area contributed by atoms with Crippen LogP contribution >= 0.6 is 11.6 Å². The monoisotopic (exact) mass is 359 g/mol. The normalized spacial score (nSPS) is 27.3. The van der Waals surface area contributed by atoms with Crippen LogP contribution in [0.1, 0.15) is 25.7 Å². The van der Waals surface area contributed by atoms with Gasteiger partial charge in [-0.25, -0.2) is 8.42 Å². The van der Waals surface area contributed by atoms with Crippen molar-refractivity contribution in [3.8, 4) is 0 Å². The number of hydrogen-bond donors (Lipinski definition) is 1. The number of rotatable bonds is 4. The molecule has 126 valence electrons. The van der Waals surface area contributed by atoms with Gasteiger partial charge in [-0.1, -0.05) is 11.6 Å². The van der Waals surface area contributed by atoms with Gasteiger partial charge in [0.25, 0.3) is 5.69 Å². The fourth-order valence-corrected chi connectivity index (χ4v) is 5.21. The third-order valence-electron chi connectivity index (χ3n) is 4.74. The Morgan fingerprint density at radius 1 is 1.30 bits per heavy atom. The van der Waals surface area contributed by atoms with E-state index in [1.54, 1.807) is 0 Å². The predicted molar refractivity (Wildman–Crippen MR) is 86.0 cm³/mol. The molecule has 23 heavy (non-hydrogen) atoms. The van der Waals surface area contributed by atoms with Gasteiger partial charge < -0.3 is 5.32 Å². The molecule has 2 saturated heterocycles. The minimum absolute atomic E-state index is 0.137. The lowest BCUT2D eigenvalue weighted by Crippen LogP contribution is -2.48. The summed E-state index contributed by atoms with van der Waals surface area (Å²) in [5.74, 6) is 0. The summed E-state index contributed by atoms with van der Waals surface area (Å²) in [4.78, 5) is 10.2. The van der Waals surface area contributed by atoms with Crippen LogP contribution in [0.15, 0.2) is 23.1 Å². The van der Waals surface area contributed by atoms with E-state index >= 15 is 0 Å². The van der Waals surface area contributed by atoms with Crippen LogP contribution in [0.4, 0.5) is 5.69 Å². The van der Waals surface area contributed by atoms with Crippen molar-refractivity contribution in [2.45, 2.75) is 48.7 Å². The van der Waals surface area contributed by atoms with Crippen LogP contribution in [0.3, 0.4) is 0 Å². The predicted octanol–water partition coefficient (Wildman–Crippen LogP) is 2.15. The molecule has 0 amide bonds. The highest BCUT2D eigenvalue weighted by Gasteiger charge is 2.40. The summed E-state index contributed by atoms with van der Waals surface area (Å²) in [6, 6.07) is 4.17. The molecule has 0 saturated carbocycles. The Balaban J connectivity index is 1.93. The molecule has 0 aliphatic carbocycles. The van der Waals surface area contributed by atoms with Crippen molar-refractivity contribution in [2.24, 2.45) is 0 Å². The zero-order valence-electron chi connectivity index (χ0n) is 12.6. The number of benzene rings is 1. The highest BCUT2D eigenvalue weighted by molar-refractivity contribution is 7.89. The fraction of sp³-hybridized carbons (Fsp3) is 0.571. The summed E-state index contributed by atoms with van der Waals surface area (Å²) in [6.07, 6.45) is 3.56. The maximum atomic E-state index is 12.9. The lowest BCUT2D eigenvalue weighted by molar-refractivity contribution is -0.387. The maximum absolute atomic E-state index is 12.9. The Morgan fingerprint density at radius 2 is 1.91 bits per heavy atom. The summed E-state index contributed by atoms with van der Waals surface area (Å²) in [7, 11) is -2.44. The average Bonchev–Trinajstić information content (AvgIpc) is 2.84. The third kappa shape index (κ3) is 3.08. The largest absolute Gasteiger partial charge is 0.311 e. The Labute approximate surface area is 139 Å². The van der Waals surface area contributed by atoms with Crippen molar-refractivity contribution in [3.05, 3.63) is 33.3 Å². The summed E-state index contributed by atoms with van der Waals surface area (Å²) < 4.78 is 27.0. The van der Waals surface area contributed by atoms with Gasteiger partial charge >= 0.3 is 0 Å². The number of nitrogens with one attached hydrogen (secondary N) is 1. The first kappa shape index (κ1) is 16.6. The lowest BCUT2D eigenvalue weighted by atomic mass is 10.0. The number of nitrogens with zero attached hydrogens (tertiary/aromatic N) is 2. The van der Waals surface area contributed by atoms with Crippen LogP contribution in [0, 0.1) is 10.1 Å². The number of nitro groups is 1. The van der Waals surface area contributed by atoms with Gasteiger partial charge in [-0.3, -0.25) is 10.1 Å². The maximum Gasteiger partial charge on any atom is 0.290 e. The first-order valence-electron chi connectivity index (χ1n) is 7.47. The van der Waals surface area contributed by atoms with Crippen molar-refractivity contribution in [1.29, 1.82) is 0 Å². The van der Waals surface area contributed by atoms with Gasteiger partial charge in [0.05, 0.1) is 4.92 Å². The van der Waals surface area contributed by atoms with Crippen molar-refractivity contribution in [1.82, 2.24) is 9.62 Å². The first-order chi connectivity index (χ1) is 10.8. The highest BCUT2D eigenvalue weighted by Crippen LogP contribution is 2.34. The number of nitro benzene ring substituents is 1. The van der Waals surface area contributed by atoms with Gasteiger partial charge in [0.15, 0.2) is 4.90 Å². The van der Waals surface area contributed by atoms with Crippen LogP contribution in [-0.2, 0) is 10.0 Å². The number of fused-ring (bicyclic) bond motifs is 2. The van der Waals surface area contributed by atoms with Gasteiger partial charge in [0, 0.05) is 36.3 Å². The first-order valence-corrected chi connectivity index (χ1v) is 9.29. The number of halogens is 1. The van der Waals surface area contributed by atoms with E-state index in [1.165, 1.54) is 23.5 Å². The second-order valence-electron chi connectivity index (χ2n) is 6.15. The Kier molecular flexibility index (Phi) is 4.35. The smallest absolute Gasteiger partial charge is 0.290 e. The Morgan fingerprint density at radius 3 is 2.48 bits per heavy atom.